The summed E-state index contributed by atoms with van der Waals surface area (Å²) >= 11 is 17.6. The van der Waals surface area contributed by atoms with Gasteiger partial charge in [0.2, 0.25) is 15.9 Å². The molecule has 0 atom stereocenters. The molecule has 0 aliphatic heterocycles. The maximum Gasteiger partial charge on any atom is 0.243 e. The second kappa shape index (κ2) is 8.72. The first-order valence-corrected chi connectivity index (χ1v) is 10.3. The van der Waals surface area contributed by atoms with E-state index in [1.165, 1.54) is 18.6 Å². The van der Waals surface area contributed by atoms with Crippen molar-refractivity contribution in [2.45, 2.75) is 49.5 Å². The summed E-state index contributed by atoms with van der Waals surface area (Å²) < 4.78 is 26.9. The maximum absolute atomic E-state index is 12.3. The van der Waals surface area contributed by atoms with Crippen LogP contribution in [0.3, 0.4) is 0 Å². The number of benzene rings is 1. The van der Waals surface area contributed by atoms with Gasteiger partial charge in [-0.25, -0.2) is 13.1 Å². The quantitative estimate of drug-likeness (QED) is 0.745. The molecule has 0 bridgehead atoms. The Hall–Kier alpha value is -0.530. The number of hydrogen-bond acceptors (Lipinski definition) is 3. The van der Waals surface area contributed by atoms with Crippen molar-refractivity contribution in [3.05, 3.63) is 27.2 Å². The molecule has 134 valence electrons. The van der Waals surface area contributed by atoms with Crippen molar-refractivity contribution in [2.24, 2.45) is 0 Å². The van der Waals surface area contributed by atoms with Gasteiger partial charge >= 0.3 is 0 Å². The molecule has 1 saturated carbocycles. The van der Waals surface area contributed by atoms with Crippen LogP contribution in [0.5, 0.6) is 0 Å². The maximum atomic E-state index is 12.3. The van der Waals surface area contributed by atoms with Crippen molar-refractivity contribution in [3.8, 4) is 0 Å². The van der Waals surface area contributed by atoms with Crippen LogP contribution in [0.4, 0.5) is 0 Å². The molecule has 2 N–H and O–H groups in total. The highest BCUT2D eigenvalue weighted by atomic mass is 35.5. The summed E-state index contributed by atoms with van der Waals surface area (Å²) in [5.41, 5.74) is 0. The lowest BCUT2D eigenvalue weighted by atomic mass is 9.95. The third kappa shape index (κ3) is 5.49. The molecular weight excluding hydrogens is 395 g/mol. The van der Waals surface area contributed by atoms with Gasteiger partial charge in [-0.15, -0.1) is 0 Å². The Morgan fingerprint density at radius 2 is 1.67 bits per heavy atom. The lowest BCUT2D eigenvalue weighted by Crippen LogP contribution is -2.38. The molecule has 1 aromatic rings. The largest absolute Gasteiger partial charge is 0.353 e. The van der Waals surface area contributed by atoms with E-state index in [2.05, 4.69) is 10.0 Å². The van der Waals surface area contributed by atoms with Crippen molar-refractivity contribution < 1.29 is 13.2 Å². The van der Waals surface area contributed by atoms with Gasteiger partial charge in [-0.05, 0) is 25.0 Å². The van der Waals surface area contributed by atoms with Gasteiger partial charge in [-0.3, -0.25) is 4.79 Å². The first kappa shape index (κ1) is 19.8. The normalized spacial score (nSPS) is 16.1. The van der Waals surface area contributed by atoms with Crippen LogP contribution in [0.15, 0.2) is 17.0 Å². The minimum Gasteiger partial charge on any atom is -0.353 e. The SMILES string of the molecule is O=C(CCNS(=O)(=O)c1c(Cl)cc(Cl)cc1Cl)NC1CCCCC1. The van der Waals surface area contributed by atoms with E-state index >= 15 is 0 Å². The number of halogens is 3. The summed E-state index contributed by atoms with van der Waals surface area (Å²) in [5.74, 6) is -0.169. The van der Waals surface area contributed by atoms with Crippen LogP contribution >= 0.6 is 34.8 Å². The van der Waals surface area contributed by atoms with Gasteiger partial charge in [0, 0.05) is 24.0 Å². The van der Waals surface area contributed by atoms with Crippen LogP contribution in [0.2, 0.25) is 15.1 Å². The van der Waals surface area contributed by atoms with Crippen molar-refractivity contribution >= 4 is 50.7 Å². The van der Waals surface area contributed by atoms with Crippen LogP contribution < -0.4 is 10.0 Å². The molecule has 0 radical (unpaired) electrons. The van der Waals surface area contributed by atoms with Crippen molar-refractivity contribution in [1.29, 1.82) is 0 Å². The second-order valence-corrected chi connectivity index (χ2v) is 8.70. The van der Waals surface area contributed by atoms with Crippen LogP contribution in [0, 0.1) is 0 Å². The van der Waals surface area contributed by atoms with Crippen LogP contribution in [-0.4, -0.2) is 26.9 Å². The van der Waals surface area contributed by atoms with E-state index in [0.29, 0.717) is 0 Å². The van der Waals surface area contributed by atoms with Crippen LogP contribution in [0.25, 0.3) is 0 Å². The molecule has 0 saturated heterocycles. The molecular formula is C15H19Cl3N2O3S. The first-order valence-electron chi connectivity index (χ1n) is 7.73. The molecule has 1 aliphatic rings. The van der Waals surface area contributed by atoms with Gasteiger partial charge in [0.15, 0.2) is 0 Å². The Bertz CT molecular complexity index is 681. The third-order valence-electron chi connectivity index (χ3n) is 3.85. The zero-order chi connectivity index (χ0) is 17.7. The number of amides is 1. The van der Waals surface area contributed by atoms with Gasteiger partial charge in [0.05, 0.1) is 10.0 Å². The van der Waals surface area contributed by atoms with E-state index in [0.717, 1.165) is 25.7 Å². The van der Waals surface area contributed by atoms with E-state index in [-0.39, 0.29) is 44.9 Å². The molecule has 5 nitrogen and oxygen atoms in total. The zero-order valence-electron chi connectivity index (χ0n) is 12.9. The summed E-state index contributed by atoms with van der Waals surface area (Å²) in [6.07, 6.45) is 5.45. The summed E-state index contributed by atoms with van der Waals surface area (Å²) in [4.78, 5) is 11.7. The van der Waals surface area contributed by atoms with Gasteiger partial charge < -0.3 is 5.32 Å². The molecule has 2 rings (SSSR count). The molecule has 1 aliphatic carbocycles. The Kier molecular flexibility index (Phi) is 7.19. The Morgan fingerprint density at radius 3 is 2.25 bits per heavy atom. The highest BCUT2D eigenvalue weighted by Gasteiger charge is 2.23. The topological polar surface area (TPSA) is 75.3 Å². The fourth-order valence-electron chi connectivity index (χ4n) is 2.70. The van der Waals surface area contributed by atoms with Crippen LogP contribution in [0.1, 0.15) is 38.5 Å². The van der Waals surface area contributed by atoms with E-state index in [9.17, 15) is 13.2 Å². The van der Waals surface area contributed by atoms with Crippen LogP contribution in [-0.2, 0) is 14.8 Å². The van der Waals surface area contributed by atoms with Crippen molar-refractivity contribution in [1.82, 2.24) is 10.0 Å². The summed E-state index contributed by atoms with van der Waals surface area (Å²) in [6.45, 7) is -0.0316. The molecule has 9 heteroatoms. The molecule has 1 aromatic carbocycles. The molecule has 1 fully saturated rings. The molecule has 0 aromatic heterocycles. The van der Waals surface area contributed by atoms with Gasteiger partial charge in [-0.1, -0.05) is 54.1 Å². The minimum absolute atomic E-state index is 0.0316. The highest BCUT2D eigenvalue weighted by Crippen LogP contribution is 2.32. The number of carbonyl (C=O) groups excluding carboxylic acids is 1. The van der Waals surface area contributed by atoms with Gasteiger partial charge in [0.25, 0.3) is 0 Å². The zero-order valence-corrected chi connectivity index (χ0v) is 16.0. The fourth-order valence-corrected chi connectivity index (χ4v) is 5.28. The molecule has 24 heavy (non-hydrogen) atoms. The van der Waals surface area contributed by atoms with Gasteiger partial charge in [-0.2, -0.15) is 0 Å². The number of carbonyl (C=O) groups is 1. The first-order chi connectivity index (χ1) is 11.3. The summed E-state index contributed by atoms with van der Waals surface area (Å²) in [5, 5.41) is 3.05. The monoisotopic (exact) mass is 412 g/mol. The number of rotatable bonds is 6. The molecule has 0 unspecified atom stereocenters. The number of nitrogens with one attached hydrogen (secondary N) is 2. The Morgan fingerprint density at radius 1 is 1.08 bits per heavy atom. The van der Waals surface area contributed by atoms with E-state index in [1.54, 1.807) is 0 Å². The smallest absolute Gasteiger partial charge is 0.243 e. The highest BCUT2D eigenvalue weighted by molar-refractivity contribution is 7.89. The average Bonchev–Trinajstić information content (AvgIpc) is 2.46. The van der Waals surface area contributed by atoms with Crippen molar-refractivity contribution in [3.63, 3.8) is 0 Å². The number of hydrogen-bond donors (Lipinski definition) is 2. The van der Waals surface area contributed by atoms with E-state index in [4.69, 9.17) is 34.8 Å². The Balaban J connectivity index is 1.90. The van der Waals surface area contributed by atoms with Gasteiger partial charge in [0.1, 0.15) is 4.90 Å². The second-order valence-electron chi connectivity index (χ2n) is 5.75. The predicted octanol–water partition coefficient (Wildman–Crippen LogP) is 3.76. The molecule has 0 spiro atoms. The lowest BCUT2D eigenvalue weighted by molar-refractivity contribution is -0.121. The van der Waals surface area contributed by atoms with E-state index < -0.39 is 10.0 Å². The summed E-state index contributed by atoms with van der Waals surface area (Å²) in [6, 6.07) is 2.81. The Labute approximate surface area is 157 Å². The lowest BCUT2D eigenvalue weighted by Gasteiger charge is -2.22. The standard InChI is InChI=1S/C15H19Cl3N2O3S/c16-10-8-12(17)15(13(18)9-10)24(22,23)19-7-6-14(21)20-11-4-2-1-3-5-11/h8-9,11,19H,1-7H2,(H,20,21). The molecule has 1 amide bonds. The average molecular weight is 414 g/mol. The predicted molar refractivity (Wildman–Crippen MR) is 96.3 cm³/mol. The fraction of sp³-hybridized carbons (Fsp3) is 0.533. The third-order valence-corrected chi connectivity index (χ3v) is 6.45. The number of sulfonamides is 1. The molecule has 0 heterocycles. The summed E-state index contributed by atoms with van der Waals surface area (Å²) in [7, 11) is -3.92. The van der Waals surface area contributed by atoms with Crippen molar-refractivity contribution in [2.75, 3.05) is 6.54 Å². The van der Waals surface area contributed by atoms with E-state index in [1.807, 2.05) is 0 Å². The minimum atomic E-state index is -3.92.